The zero-order chi connectivity index (χ0) is 23.1. The van der Waals surface area contributed by atoms with Crippen LogP contribution in [0.15, 0.2) is 65.8 Å². The highest BCUT2D eigenvalue weighted by atomic mass is 35.5. The quantitative estimate of drug-likeness (QED) is 0.273. The van der Waals surface area contributed by atoms with Gasteiger partial charge in [-0.1, -0.05) is 41.4 Å². The lowest BCUT2D eigenvalue weighted by molar-refractivity contribution is -0.385. The van der Waals surface area contributed by atoms with Crippen molar-refractivity contribution in [1.82, 2.24) is 5.43 Å². The molecule has 0 bridgehead atoms. The van der Waals surface area contributed by atoms with Gasteiger partial charge >= 0.3 is 0 Å². The first kappa shape index (κ1) is 23.1. The van der Waals surface area contributed by atoms with E-state index >= 15 is 0 Å². The lowest BCUT2D eigenvalue weighted by Crippen LogP contribution is -2.18. The van der Waals surface area contributed by atoms with Crippen molar-refractivity contribution in [2.24, 2.45) is 5.10 Å². The van der Waals surface area contributed by atoms with Crippen molar-refractivity contribution >= 4 is 41.0 Å². The molecule has 1 N–H and O–H groups in total. The lowest BCUT2D eigenvalue weighted by atomic mass is 10.2. The fourth-order valence-electron chi connectivity index (χ4n) is 2.73. The van der Waals surface area contributed by atoms with E-state index in [-0.39, 0.29) is 17.9 Å². The molecule has 0 radical (unpaired) electrons. The minimum Gasteiger partial charge on any atom is -0.493 e. The number of para-hydroxylation sites is 1. The summed E-state index contributed by atoms with van der Waals surface area (Å²) in [5.41, 5.74) is 3.27. The van der Waals surface area contributed by atoms with E-state index in [9.17, 15) is 14.9 Å². The molecule has 3 aromatic carbocycles. The molecule has 0 atom stereocenters. The number of hydrogen-bond acceptors (Lipinski definition) is 6. The predicted molar refractivity (Wildman–Crippen MR) is 122 cm³/mol. The Morgan fingerprint density at radius 2 is 1.91 bits per heavy atom. The van der Waals surface area contributed by atoms with Crippen molar-refractivity contribution in [3.05, 3.63) is 97.5 Å². The van der Waals surface area contributed by atoms with E-state index in [0.29, 0.717) is 27.1 Å². The third-order valence-electron chi connectivity index (χ3n) is 4.31. The van der Waals surface area contributed by atoms with Crippen LogP contribution in [-0.4, -0.2) is 24.2 Å². The van der Waals surface area contributed by atoms with Crippen LogP contribution >= 0.6 is 23.2 Å². The molecular formula is C22H17Cl2N3O5. The Labute approximate surface area is 193 Å². The van der Waals surface area contributed by atoms with Gasteiger partial charge < -0.3 is 9.47 Å². The van der Waals surface area contributed by atoms with E-state index < -0.39 is 10.8 Å². The standard InChI is InChI=1S/C22H17Cl2N3O5/c1-31-21-10-14(6-9-20(21)32-13-15-7-8-16(23)11-18(15)24)12-25-26-22(28)17-4-2-3-5-19(17)27(29)30/h2-12H,13H2,1H3,(H,26,28)/b25-12-. The Balaban J connectivity index is 1.67. The summed E-state index contributed by atoms with van der Waals surface area (Å²) in [4.78, 5) is 22.6. The molecule has 32 heavy (non-hydrogen) atoms. The lowest BCUT2D eigenvalue weighted by Gasteiger charge is -2.12. The van der Waals surface area contributed by atoms with Gasteiger partial charge in [0.2, 0.25) is 0 Å². The fraction of sp³-hybridized carbons (Fsp3) is 0.0909. The van der Waals surface area contributed by atoms with Gasteiger partial charge in [0.05, 0.1) is 18.2 Å². The molecule has 0 unspecified atom stereocenters. The number of nitro groups is 1. The van der Waals surface area contributed by atoms with Crippen molar-refractivity contribution in [2.75, 3.05) is 7.11 Å². The number of carbonyl (C=O) groups is 1. The van der Waals surface area contributed by atoms with Gasteiger partial charge in [-0.15, -0.1) is 0 Å². The van der Waals surface area contributed by atoms with Crippen LogP contribution in [0.1, 0.15) is 21.5 Å². The highest BCUT2D eigenvalue weighted by Gasteiger charge is 2.18. The molecule has 10 heteroatoms. The van der Waals surface area contributed by atoms with Crippen molar-refractivity contribution in [3.63, 3.8) is 0 Å². The molecule has 0 aliphatic rings. The summed E-state index contributed by atoms with van der Waals surface area (Å²) in [6.07, 6.45) is 1.38. The molecule has 1 amide bonds. The zero-order valence-electron chi connectivity index (χ0n) is 16.7. The number of benzene rings is 3. The minimum atomic E-state index is -0.694. The van der Waals surface area contributed by atoms with Gasteiger partial charge in [-0.25, -0.2) is 5.43 Å². The summed E-state index contributed by atoms with van der Waals surface area (Å²) in [7, 11) is 1.49. The molecule has 0 fully saturated rings. The van der Waals surface area contributed by atoms with Gasteiger partial charge in [0.1, 0.15) is 12.2 Å². The Hall–Kier alpha value is -3.62. The Morgan fingerprint density at radius 3 is 2.62 bits per heavy atom. The van der Waals surface area contributed by atoms with Crippen LogP contribution < -0.4 is 14.9 Å². The number of hydrazone groups is 1. The second-order valence-corrected chi connectivity index (χ2v) is 7.25. The number of rotatable bonds is 8. The van der Waals surface area contributed by atoms with Crippen LogP contribution in [0, 0.1) is 10.1 Å². The van der Waals surface area contributed by atoms with Crippen molar-refractivity contribution in [3.8, 4) is 11.5 Å². The largest absolute Gasteiger partial charge is 0.493 e. The van der Waals surface area contributed by atoms with Crippen molar-refractivity contribution in [2.45, 2.75) is 6.61 Å². The average molecular weight is 474 g/mol. The van der Waals surface area contributed by atoms with Gasteiger partial charge in [0.15, 0.2) is 11.5 Å². The monoisotopic (exact) mass is 473 g/mol. The molecule has 0 saturated heterocycles. The Morgan fingerprint density at radius 1 is 1.12 bits per heavy atom. The van der Waals surface area contributed by atoms with Gasteiger partial charge in [0.25, 0.3) is 11.6 Å². The molecule has 0 spiro atoms. The topological polar surface area (TPSA) is 103 Å². The van der Waals surface area contributed by atoms with Gasteiger partial charge in [-0.3, -0.25) is 14.9 Å². The first-order valence-electron chi connectivity index (χ1n) is 9.20. The van der Waals surface area contributed by atoms with Crippen LogP contribution in [0.3, 0.4) is 0 Å². The van der Waals surface area contributed by atoms with Crippen molar-refractivity contribution in [1.29, 1.82) is 0 Å². The van der Waals surface area contributed by atoms with Crippen LogP contribution in [0.4, 0.5) is 5.69 Å². The third kappa shape index (κ3) is 5.75. The number of hydrogen-bond donors (Lipinski definition) is 1. The fourth-order valence-corrected chi connectivity index (χ4v) is 3.19. The van der Waals surface area contributed by atoms with Crippen molar-refractivity contribution < 1.29 is 19.2 Å². The average Bonchev–Trinajstić information content (AvgIpc) is 2.78. The maximum Gasteiger partial charge on any atom is 0.282 e. The number of nitrogens with zero attached hydrogens (tertiary/aromatic N) is 2. The molecule has 0 aliphatic carbocycles. The number of halogens is 2. The SMILES string of the molecule is COc1cc(/C=N\NC(=O)c2ccccc2[N+](=O)[O-])ccc1OCc1ccc(Cl)cc1Cl. The number of nitro benzene ring substituents is 1. The number of ether oxygens (including phenoxy) is 2. The number of amides is 1. The molecule has 0 saturated carbocycles. The molecule has 8 nitrogen and oxygen atoms in total. The second kappa shape index (κ2) is 10.6. The summed E-state index contributed by atoms with van der Waals surface area (Å²) in [6, 6.07) is 15.8. The van der Waals surface area contributed by atoms with E-state index in [1.807, 2.05) is 0 Å². The summed E-state index contributed by atoms with van der Waals surface area (Å²) in [5, 5.41) is 15.9. The first-order valence-corrected chi connectivity index (χ1v) is 9.96. The minimum absolute atomic E-state index is 0.0863. The summed E-state index contributed by atoms with van der Waals surface area (Å²) < 4.78 is 11.2. The van der Waals surface area contributed by atoms with Crippen LogP contribution in [-0.2, 0) is 6.61 Å². The zero-order valence-corrected chi connectivity index (χ0v) is 18.3. The number of carbonyl (C=O) groups excluding carboxylic acids is 1. The number of methoxy groups -OCH3 is 1. The van der Waals surface area contributed by atoms with Crippen LogP contribution in [0.25, 0.3) is 0 Å². The Bertz CT molecular complexity index is 1180. The smallest absolute Gasteiger partial charge is 0.282 e. The molecule has 3 aromatic rings. The summed E-state index contributed by atoms with van der Waals surface area (Å²) >= 11 is 12.1. The van der Waals surface area contributed by atoms with Gasteiger partial charge in [-0.05, 0) is 42.0 Å². The number of nitrogens with one attached hydrogen (secondary N) is 1. The molecule has 0 aliphatic heterocycles. The maximum absolute atomic E-state index is 12.2. The second-order valence-electron chi connectivity index (χ2n) is 6.41. The molecular weight excluding hydrogens is 457 g/mol. The molecule has 0 heterocycles. The highest BCUT2D eigenvalue weighted by Crippen LogP contribution is 2.30. The van der Waals surface area contributed by atoms with Crippen LogP contribution in [0.5, 0.6) is 11.5 Å². The third-order valence-corrected chi connectivity index (χ3v) is 4.90. The van der Waals surface area contributed by atoms with Crippen LogP contribution in [0.2, 0.25) is 10.0 Å². The van der Waals surface area contributed by atoms with Gasteiger partial charge in [0, 0.05) is 21.7 Å². The predicted octanol–water partition coefficient (Wildman–Crippen LogP) is 5.25. The molecule has 0 aromatic heterocycles. The maximum atomic E-state index is 12.2. The Kier molecular flexibility index (Phi) is 7.64. The molecule has 3 rings (SSSR count). The van der Waals surface area contributed by atoms with Gasteiger partial charge in [-0.2, -0.15) is 5.10 Å². The van der Waals surface area contributed by atoms with E-state index in [2.05, 4.69) is 10.5 Å². The summed E-state index contributed by atoms with van der Waals surface area (Å²) in [6.45, 7) is 0.214. The van der Waals surface area contributed by atoms with E-state index in [1.165, 1.54) is 37.6 Å². The van der Waals surface area contributed by atoms with E-state index in [1.54, 1.807) is 36.4 Å². The first-order chi connectivity index (χ1) is 15.4. The molecule has 164 valence electrons. The highest BCUT2D eigenvalue weighted by molar-refractivity contribution is 6.35. The van der Waals surface area contributed by atoms with E-state index in [4.69, 9.17) is 32.7 Å². The van der Waals surface area contributed by atoms with E-state index in [0.717, 1.165) is 5.56 Å². The summed E-state index contributed by atoms with van der Waals surface area (Å²) in [5.74, 6) is 0.240. The normalized spacial score (nSPS) is 10.7.